The molecule has 0 aliphatic rings. The van der Waals surface area contributed by atoms with E-state index in [9.17, 15) is 0 Å². The minimum absolute atomic E-state index is 0.0186. The maximum Gasteiger partial charge on any atom is 0.109 e. The zero-order valence-electron chi connectivity index (χ0n) is 8.02. The van der Waals surface area contributed by atoms with Gasteiger partial charge in [0.1, 0.15) is 5.52 Å². The highest BCUT2D eigenvalue weighted by Gasteiger charge is 2.20. The van der Waals surface area contributed by atoms with E-state index >= 15 is 0 Å². The van der Waals surface area contributed by atoms with Crippen molar-refractivity contribution in [3.63, 3.8) is 0 Å². The van der Waals surface area contributed by atoms with E-state index in [-0.39, 0.29) is 5.41 Å². The first-order valence-electron chi connectivity index (χ1n) is 4.24. The van der Waals surface area contributed by atoms with Crippen molar-refractivity contribution in [1.82, 2.24) is 19.8 Å². The fraction of sp³-hybridized carbons (Fsp3) is 0.444. The second-order valence-corrected chi connectivity index (χ2v) is 4.09. The monoisotopic (exact) mass is 176 g/mol. The second-order valence-electron chi connectivity index (χ2n) is 4.09. The molecular formula is C9H12N4. The standard InChI is InChI=1S/C9H12N4/c1-9(2,3)8-7-6-10-4-5-13(7)12-11-8/h4-6H,1-3H3. The molecule has 13 heavy (non-hydrogen) atoms. The van der Waals surface area contributed by atoms with Crippen molar-refractivity contribution in [3.8, 4) is 0 Å². The first-order valence-corrected chi connectivity index (χ1v) is 4.24. The van der Waals surface area contributed by atoms with Crippen LogP contribution in [0.25, 0.3) is 5.52 Å². The molecule has 2 heterocycles. The normalized spacial score (nSPS) is 12.2. The van der Waals surface area contributed by atoms with Crippen LogP contribution in [0.4, 0.5) is 0 Å². The molecule has 2 rings (SSSR count). The minimum atomic E-state index is 0.0186. The predicted octanol–water partition coefficient (Wildman–Crippen LogP) is 1.42. The smallest absolute Gasteiger partial charge is 0.109 e. The number of fused-ring (bicyclic) bond motifs is 1. The largest absolute Gasteiger partial charge is 0.261 e. The quantitative estimate of drug-likeness (QED) is 0.609. The zero-order valence-corrected chi connectivity index (χ0v) is 8.02. The van der Waals surface area contributed by atoms with Gasteiger partial charge in [-0.2, -0.15) is 0 Å². The molecule has 0 saturated carbocycles. The SMILES string of the molecule is CC(C)(C)c1nnn2ccncc12. The molecule has 4 nitrogen and oxygen atoms in total. The molecule has 0 saturated heterocycles. The highest BCUT2D eigenvalue weighted by atomic mass is 15.4. The van der Waals surface area contributed by atoms with Gasteiger partial charge in [-0.15, -0.1) is 5.10 Å². The van der Waals surface area contributed by atoms with Crippen molar-refractivity contribution >= 4 is 5.52 Å². The summed E-state index contributed by atoms with van der Waals surface area (Å²) < 4.78 is 1.74. The summed E-state index contributed by atoms with van der Waals surface area (Å²) in [6, 6.07) is 0. The van der Waals surface area contributed by atoms with Crippen LogP contribution in [0.5, 0.6) is 0 Å². The molecule has 68 valence electrons. The molecule has 2 aromatic heterocycles. The molecule has 0 radical (unpaired) electrons. The maximum absolute atomic E-state index is 4.14. The average Bonchev–Trinajstić information content (AvgIpc) is 2.45. The van der Waals surface area contributed by atoms with Crippen molar-refractivity contribution in [2.75, 3.05) is 0 Å². The lowest BCUT2D eigenvalue weighted by molar-refractivity contribution is 0.570. The molecule has 0 aliphatic carbocycles. The lowest BCUT2D eigenvalue weighted by atomic mass is 9.92. The number of nitrogens with zero attached hydrogens (tertiary/aromatic N) is 4. The molecule has 0 aromatic carbocycles. The first-order chi connectivity index (χ1) is 6.09. The molecule has 0 amide bonds. The Morgan fingerprint density at radius 3 is 2.77 bits per heavy atom. The molecule has 0 aliphatic heterocycles. The van der Waals surface area contributed by atoms with Gasteiger partial charge < -0.3 is 0 Å². The van der Waals surface area contributed by atoms with Crippen LogP contribution in [0.1, 0.15) is 26.5 Å². The fourth-order valence-electron chi connectivity index (χ4n) is 1.28. The zero-order chi connectivity index (χ0) is 9.47. The third-order valence-corrected chi connectivity index (χ3v) is 1.93. The Labute approximate surface area is 76.6 Å². The van der Waals surface area contributed by atoms with Gasteiger partial charge in [-0.3, -0.25) is 4.98 Å². The first kappa shape index (κ1) is 8.16. The highest BCUT2D eigenvalue weighted by molar-refractivity contribution is 5.50. The summed E-state index contributed by atoms with van der Waals surface area (Å²) in [5.74, 6) is 0. The average molecular weight is 176 g/mol. The van der Waals surface area contributed by atoms with Crippen LogP contribution >= 0.6 is 0 Å². The third kappa shape index (κ3) is 1.28. The summed E-state index contributed by atoms with van der Waals surface area (Å²) in [7, 11) is 0. The Kier molecular flexibility index (Phi) is 1.58. The van der Waals surface area contributed by atoms with Crippen LogP contribution in [0, 0.1) is 0 Å². The van der Waals surface area contributed by atoms with Crippen LogP contribution in [0.15, 0.2) is 18.6 Å². The molecular weight excluding hydrogens is 164 g/mol. The van der Waals surface area contributed by atoms with E-state index in [1.165, 1.54) is 0 Å². The molecule has 0 bridgehead atoms. The van der Waals surface area contributed by atoms with Crippen LogP contribution in [0.2, 0.25) is 0 Å². The third-order valence-electron chi connectivity index (χ3n) is 1.93. The molecule has 0 N–H and O–H groups in total. The van der Waals surface area contributed by atoms with E-state index in [1.807, 2.05) is 0 Å². The lowest BCUT2D eigenvalue weighted by Crippen LogP contribution is -2.12. The number of rotatable bonds is 0. The second kappa shape index (κ2) is 2.52. The van der Waals surface area contributed by atoms with Gasteiger partial charge in [0.2, 0.25) is 0 Å². The Morgan fingerprint density at radius 2 is 2.08 bits per heavy atom. The Hall–Kier alpha value is -1.45. The van der Waals surface area contributed by atoms with Gasteiger partial charge in [-0.1, -0.05) is 26.0 Å². The Bertz CT molecular complexity index is 424. The minimum Gasteiger partial charge on any atom is -0.261 e. The lowest BCUT2D eigenvalue weighted by Gasteiger charge is -2.14. The summed E-state index contributed by atoms with van der Waals surface area (Å²) in [5, 5.41) is 8.15. The van der Waals surface area contributed by atoms with E-state index in [2.05, 4.69) is 36.1 Å². The van der Waals surface area contributed by atoms with Gasteiger partial charge in [-0.05, 0) is 0 Å². The number of hydrogen-bond donors (Lipinski definition) is 0. The van der Waals surface area contributed by atoms with Crippen LogP contribution in [-0.4, -0.2) is 19.8 Å². The summed E-state index contributed by atoms with van der Waals surface area (Å²) in [6.07, 6.45) is 5.30. The molecule has 0 atom stereocenters. The van der Waals surface area contributed by atoms with Gasteiger partial charge in [-0.25, -0.2) is 4.52 Å². The van der Waals surface area contributed by atoms with E-state index < -0.39 is 0 Å². The fourth-order valence-corrected chi connectivity index (χ4v) is 1.28. The van der Waals surface area contributed by atoms with E-state index in [0.717, 1.165) is 11.2 Å². The predicted molar refractivity (Wildman–Crippen MR) is 49.5 cm³/mol. The van der Waals surface area contributed by atoms with Crippen LogP contribution < -0.4 is 0 Å². The van der Waals surface area contributed by atoms with Gasteiger partial charge in [0.25, 0.3) is 0 Å². The van der Waals surface area contributed by atoms with Crippen molar-refractivity contribution in [2.45, 2.75) is 26.2 Å². The van der Waals surface area contributed by atoms with E-state index in [4.69, 9.17) is 0 Å². The van der Waals surface area contributed by atoms with Crippen LogP contribution in [-0.2, 0) is 5.41 Å². The van der Waals surface area contributed by atoms with Gasteiger partial charge in [0.05, 0.1) is 11.9 Å². The van der Waals surface area contributed by atoms with Gasteiger partial charge in [0, 0.05) is 17.8 Å². The topological polar surface area (TPSA) is 43.1 Å². The van der Waals surface area contributed by atoms with Crippen molar-refractivity contribution in [3.05, 3.63) is 24.3 Å². The number of aromatic nitrogens is 4. The molecule has 0 unspecified atom stereocenters. The summed E-state index contributed by atoms with van der Waals surface area (Å²) >= 11 is 0. The van der Waals surface area contributed by atoms with E-state index in [1.54, 1.807) is 23.1 Å². The summed E-state index contributed by atoms with van der Waals surface area (Å²) in [5.41, 5.74) is 1.99. The highest BCUT2D eigenvalue weighted by Crippen LogP contribution is 2.23. The van der Waals surface area contributed by atoms with Crippen molar-refractivity contribution in [1.29, 1.82) is 0 Å². The molecule has 2 aromatic rings. The maximum atomic E-state index is 4.14. The molecule has 0 fully saturated rings. The summed E-state index contributed by atoms with van der Waals surface area (Å²) in [4.78, 5) is 4.06. The van der Waals surface area contributed by atoms with Crippen molar-refractivity contribution in [2.24, 2.45) is 0 Å². The van der Waals surface area contributed by atoms with Gasteiger partial charge in [0.15, 0.2) is 0 Å². The molecule has 4 heteroatoms. The summed E-state index contributed by atoms with van der Waals surface area (Å²) in [6.45, 7) is 6.35. The van der Waals surface area contributed by atoms with Gasteiger partial charge >= 0.3 is 0 Å². The van der Waals surface area contributed by atoms with E-state index in [0.29, 0.717) is 0 Å². The number of hydrogen-bond acceptors (Lipinski definition) is 3. The van der Waals surface area contributed by atoms with Crippen LogP contribution in [0.3, 0.4) is 0 Å². The Balaban J connectivity index is 2.72. The molecule has 0 spiro atoms. The Morgan fingerprint density at radius 1 is 1.31 bits per heavy atom. The van der Waals surface area contributed by atoms with Crippen molar-refractivity contribution < 1.29 is 0 Å².